The second-order valence-corrected chi connectivity index (χ2v) is 3.72. The third-order valence-electron chi connectivity index (χ3n) is 2.26. The molecule has 2 rings (SSSR count). The lowest BCUT2D eigenvalue weighted by atomic mass is 10.3. The molecule has 1 aromatic rings. The van der Waals surface area contributed by atoms with E-state index in [9.17, 15) is 9.59 Å². The van der Waals surface area contributed by atoms with E-state index in [2.05, 4.69) is 16.0 Å². The number of nitrogens with one attached hydrogen (secondary N) is 3. The van der Waals surface area contributed by atoms with Crippen molar-refractivity contribution in [2.24, 2.45) is 0 Å². The molecule has 16 heavy (non-hydrogen) atoms. The normalized spacial score (nSPS) is 14.0. The van der Waals surface area contributed by atoms with Crippen LogP contribution in [-0.4, -0.2) is 18.5 Å². The number of anilines is 2. The first-order valence-corrected chi connectivity index (χ1v) is 5.16. The summed E-state index contributed by atoms with van der Waals surface area (Å²) in [7, 11) is 0. The highest BCUT2D eigenvalue weighted by atomic mass is 16.2. The third kappa shape index (κ3) is 2.98. The van der Waals surface area contributed by atoms with Crippen LogP contribution in [0.3, 0.4) is 0 Å². The zero-order valence-corrected chi connectivity index (χ0v) is 8.69. The van der Waals surface area contributed by atoms with Gasteiger partial charge in [0, 0.05) is 17.4 Å². The lowest BCUT2D eigenvalue weighted by Gasteiger charge is -2.07. The van der Waals surface area contributed by atoms with Gasteiger partial charge in [-0.05, 0) is 31.0 Å². The average Bonchev–Trinajstić information content (AvgIpc) is 3.02. The fourth-order valence-electron chi connectivity index (χ4n) is 1.34. The Labute approximate surface area is 93.2 Å². The van der Waals surface area contributed by atoms with Gasteiger partial charge in [0.2, 0.25) is 6.41 Å². The molecule has 1 aromatic carbocycles. The van der Waals surface area contributed by atoms with Crippen LogP contribution in [0, 0.1) is 0 Å². The molecule has 0 aromatic heterocycles. The van der Waals surface area contributed by atoms with E-state index in [1.807, 2.05) is 0 Å². The summed E-state index contributed by atoms with van der Waals surface area (Å²) in [5.41, 5.74) is 1.31. The molecular weight excluding hydrogens is 206 g/mol. The molecule has 0 spiro atoms. The molecule has 5 nitrogen and oxygen atoms in total. The smallest absolute Gasteiger partial charge is 0.319 e. The fourth-order valence-corrected chi connectivity index (χ4v) is 1.34. The molecule has 0 unspecified atom stereocenters. The van der Waals surface area contributed by atoms with Gasteiger partial charge in [-0.15, -0.1) is 0 Å². The van der Waals surface area contributed by atoms with Gasteiger partial charge in [0.05, 0.1) is 0 Å². The Hall–Kier alpha value is -2.04. The second-order valence-electron chi connectivity index (χ2n) is 3.72. The Morgan fingerprint density at radius 1 is 1.31 bits per heavy atom. The number of benzene rings is 1. The number of hydrogen-bond donors (Lipinski definition) is 3. The molecule has 0 bridgehead atoms. The van der Waals surface area contributed by atoms with Crippen LogP contribution in [-0.2, 0) is 4.79 Å². The molecule has 1 saturated carbocycles. The van der Waals surface area contributed by atoms with Crippen LogP contribution < -0.4 is 16.0 Å². The molecule has 0 aliphatic heterocycles. The molecule has 0 saturated heterocycles. The van der Waals surface area contributed by atoms with Gasteiger partial charge in [-0.2, -0.15) is 0 Å². The van der Waals surface area contributed by atoms with Crippen LogP contribution in [0.25, 0.3) is 0 Å². The quantitative estimate of drug-likeness (QED) is 0.672. The first-order valence-electron chi connectivity index (χ1n) is 5.16. The van der Waals surface area contributed by atoms with Crippen LogP contribution >= 0.6 is 0 Å². The molecule has 3 amide bonds. The molecule has 1 aliphatic carbocycles. The summed E-state index contributed by atoms with van der Waals surface area (Å²) >= 11 is 0. The van der Waals surface area contributed by atoms with Gasteiger partial charge in [0.25, 0.3) is 0 Å². The van der Waals surface area contributed by atoms with Crippen molar-refractivity contribution in [1.29, 1.82) is 0 Å². The Bertz CT molecular complexity index is 402. The predicted octanol–water partition coefficient (Wildman–Crippen LogP) is 1.54. The molecule has 0 heterocycles. The maximum absolute atomic E-state index is 11.4. The average molecular weight is 219 g/mol. The van der Waals surface area contributed by atoms with Crippen molar-refractivity contribution in [3.63, 3.8) is 0 Å². The SMILES string of the molecule is O=CNc1cccc(NC(=O)NC2CC2)c1. The molecule has 84 valence electrons. The van der Waals surface area contributed by atoms with Crippen LogP contribution in [0.4, 0.5) is 16.2 Å². The Morgan fingerprint density at radius 3 is 2.75 bits per heavy atom. The minimum atomic E-state index is -0.203. The molecule has 1 aliphatic rings. The number of rotatable bonds is 4. The van der Waals surface area contributed by atoms with Crippen molar-refractivity contribution >= 4 is 23.8 Å². The zero-order chi connectivity index (χ0) is 11.4. The van der Waals surface area contributed by atoms with E-state index in [1.165, 1.54) is 0 Å². The van der Waals surface area contributed by atoms with Gasteiger partial charge in [0.15, 0.2) is 0 Å². The Balaban J connectivity index is 1.93. The summed E-state index contributed by atoms with van der Waals surface area (Å²) in [6.07, 6.45) is 2.71. The number of carbonyl (C=O) groups is 2. The summed E-state index contributed by atoms with van der Waals surface area (Å²) in [5, 5.41) is 8.04. The summed E-state index contributed by atoms with van der Waals surface area (Å²) in [5.74, 6) is 0. The van der Waals surface area contributed by atoms with Crippen LogP contribution in [0.15, 0.2) is 24.3 Å². The van der Waals surface area contributed by atoms with Gasteiger partial charge in [-0.1, -0.05) is 6.07 Å². The number of urea groups is 1. The van der Waals surface area contributed by atoms with Crippen molar-refractivity contribution in [2.45, 2.75) is 18.9 Å². The van der Waals surface area contributed by atoms with E-state index in [0.29, 0.717) is 23.8 Å². The number of hydrogen-bond acceptors (Lipinski definition) is 2. The second kappa shape index (κ2) is 4.65. The Kier molecular flexibility index (Phi) is 3.05. The molecule has 0 atom stereocenters. The van der Waals surface area contributed by atoms with E-state index < -0.39 is 0 Å². The van der Waals surface area contributed by atoms with E-state index in [-0.39, 0.29) is 6.03 Å². The van der Waals surface area contributed by atoms with Crippen molar-refractivity contribution in [3.05, 3.63) is 24.3 Å². The van der Waals surface area contributed by atoms with Gasteiger partial charge < -0.3 is 16.0 Å². The minimum absolute atomic E-state index is 0.203. The first-order chi connectivity index (χ1) is 7.78. The lowest BCUT2D eigenvalue weighted by Crippen LogP contribution is -2.30. The third-order valence-corrected chi connectivity index (χ3v) is 2.26. The van der Waals surface area contributed by atoms with Crippen LogP contribution in [0.1, 0.15) is 12.8 Å². The fraction of sp³-hybridized carbons (Fsp3) is 0.273. The van der Waals surface area contributed by atoms with E-state index in [1.54, 1.807) is 24.3 Å². The maximum Gasteiger partial charge on any atom is 0.319 e. The lowest BCUT2D eigenvalue weighted by molar-refractivity contribution is -0.105. The first kappa shape index (κ1) is 10.5. The van der Waals surface area contributed by atoms with Crippen LogP contribution in [0.5, 0.6) is 0 Å². The monoisotopic (exact) mass is 219 g/mol. The van der Waals surface area contributed by atoms with Crippen molar-refractivity contribution in [1.82, 2.24) is 5.32 Å². The van der Waals surface area contributed by atoms with Crippen molar-refractivity contribution in [2.75, 3.05) is 10.6 Å². The standard InChI is InChI=1S/C11H13N3O2/c15-7-12-9-2-1-3-10(6-9)14-11(16)13-8-4-5-8/h1-3,6-8H,4-5H2,(H,12,15)(H2,13,14,16). The molecule has 3 N–H and O–H groups in total. The topological polar surface area (TPSA) is 70.2 Å². The largest absolute Gasteiger partial charge is 0.335 e. The van der Waals surface area contributed by atoms with E-state index >= 15 is 0 Å². The summed E-state index contributed by atoms with van der Waals surface area (Å²) in [6, 6.07) is 7.10. The van der Waals surface area contributed by atoms with E-state index in [4.69, 9.17) is 0 Å². The van der Waals surface area contributed by atoms with Gasteiger partial charge in [-0.25, -0.2) is 4.79 Å². The predicted molar refractivity (Wildman–Crippen MR) is 61.3 cm³/mol. The van der Waals surface area contributed by atoms with Crippen molar-refractivity contribution < 1.29 is 9.59 Å². The molecule has 0 radical (unpaired) electrons. The zero-order valence-electron chi connectivity index (χ0n) is 8.69. The molecule has 1 fully saturated rings. The number of amides is 3. The summed E-state index contributed by atoms with van der Waals surface area (Å²) < 4.78 is 0. The van der Waals surface area contributed by atoms with Gasteiger partial charge in [0.1, 0.15) is 0 Å². The van der Waals surface area contributed by atoms with E-state index in [0.717, 1.165) is 12.8 Å². The van der Waals surface area contributed by atoms with Gasteiger partial charge >= 0.3 is 6.03 Å². The highest BCUT2D eigenvalue weighted by Crippen LogP contribution is 2.19. The minimum Gasteiger partial charge on any atom is -0.335 e. The molecule has 5 heteroatoms. The van der Waals surface area contributed by atoms with Gasteiger partial charge in [-0.3, -0.25) is 4.79 Å². The maximum atomic E-state index is 11.4. The van der Waals surface area contributed by atoms with Crippen LogP contribution in [0.2, 0.25) is 0 Å². The highest BCUT2D eigenvalue weighted by molar-refractivity contribution is 5.90. The van der Waals surface area contributed by atoms with Crippen molar-refractivity contribution in [3.8, 4) is 0 Å². The molecular formula is C11H13N3O2. The number of carbonyl (C=O) groups excluding carboxylic acids is 2. The highest BCUT2D eigenvalue weighted by Gasteiger charge is 2.23. The Morgan fingerprint density at radius 2 is 2.06 bits per heavy atom. The summed E-state index contributed by atoms with van der Waals surface area (Å²) in [4.78, 5) is 21.7. The summed E-state index contributed by atoms with van der Waals surface area (Å²) in [6.45, 7) is 0.